The zero-order valence-corrected chi connectivity index (χ0v) is 7.49. The van der Waals surface area contributed by atoms with Gasteiger partial charge in [0.05, 0.1) is 11.1 Å². The molecule has 0 atom stereocenters. The first-order valence-corrected chi connectivity index (χ1v) is 4.22. The third-order valence-corrected chi connectivity index (χ3v) is 2.41. The Morgan fingerprint density at radius 1 is 1.54 bits per heavy atom. The summed E-state index contributed by atoms with van der Waals surface area (Å²) in [6, 6.07) is 0. The maximum atomic E-state index is 8.29. The van der Waals surface area contributed by atoms with Gasteiger partial charge in [-0.15, -0.1) is 0 Å². The van der Waals surface area contributed by atoms with Gasteiger partial charge in [-0.25, -0.2) is 9.97 Å². The Hall–Kier alpha value is -1.72. The van der Waals surface area contributed by atoms with Crippen molar-refractivity contribution in [1.29, 1.82) is 0 Å². The van der Waals surface area contributed by atoms with Crippen LogP contribution in [0.25, 0.3) is 20.7 Å². The standard InChI is InChI=1S/C6H4N6S/c1-3-4-5(10-12-7)8-2-9-6(4)13-11-3/h2H,1H3. The van der Waals surface area contributed by atoms with Crippen molar-refractivity contribution >= 4 is 27.6 Å². The monoisotopic (exact) mass is 192 g/mol. The van der Waals surface area contributed by atoms with E-state index in [0.717, 1.165) is 15.9 Å². The molecular formula is C6H4N6S. The van der Waals surface area contributed by atoms with Crippen LogP contribution in [0.3, 0.4) is 0 Å². The van der Waals surface area contributed by atoms with E-state index >= 15 is 0 Å². The fourth-order valence-electron chi connectivity index (χ4n) is 1.02. The van der Waals surface area contributed by atoms with Gasteiger partial charge in [0.25, 0.3) is 0 Å². The van der Waals surface area contributed by atoms with Crippen molar-refractivity contribution in [2.75, 3.05) is 0 Å². The van der Waals surface area contributed by atoms with Crippen LogP contribution in [0.5, 0.6) is 0 Å². The first kappa shape index (κ1) is 7.90. The molecule has 0 N–H and O–H groups in total. The van der Waals surface area contributed by atoms with Crippen LogP contribution >= 0.6 is 11.5 Å². The second kappa shape index (κ2) is 2.96. The Bertz CT molecular complexity index is 497. The second-order valence-electron chi connectivity index (χ2n) is 2.33. The number of rotatable bonds is 1. The van der Waals surface area contributed by atoms with Gasteiger partial charge in [0.15, 0.2) is 0 Å². The number of azide groups is 1. The Balaban J connectivity index is 2.87. The SMILES string of the molecule is Cc1nsc2ncnc(N=[N+]=[N-])c12. The maximum absolute atomic E-state index is 8.29. The Labute approximate surface area is 77.1 Å². The van der Waals surface area contributed by atoms with Crippen molar-refractivity contribution < 1.29 is 0 Å². The fourth-order valence-corrected chi connectivity index (χ4v) is 1.76. The van der Waals surface area contributed by atoms with Gasteiger partial charge in [0, 0.05) is 4.91 Å². The molecule has 7 heteroatoms. The lowest BCUT2D eigenvalue weighted by molar-refractivity contribution is 1.19. The molecule has 0 unspecified atom stereocenters. The normalized spacial score (nSPS) is 9.92. The van der Waals surface area contributed by atoms with Crippen LogP contribution in [0.1, 0.15) is 5.69 Å². The average molecular weight is 192 g/mol. The Morgan fingerprint density at radius 2 is 2.38 bits per heavy atom. The van der Waals surface area contributed by atoms with Crippen molar-refractivity contribution in [2.45, 2.75) is 6.92 Å². The number of fused-ring (bicyclic) bond motifs is 1. The Kier molecular flexibility index (Phi) is 1.80. The van der Waals surface area contributed by atoms with E-state index < -0.39 is 0 Å². The molecule has 6 nitrogen and oxygen atoms in total. The van der Waals surface area contributed by atoms with Gasteiger partial charge in [-0.3, -0.25) is 0 Å². The van der Waals surface area contributed by atoms with Gasteiger partial charge in [0.1, 0.15) is 17.0 Å². The van der Waals surface area contributed by atoms with Crippen molar-refractivity contribution in [2.24, 2.45) is 5.11 Å². The summed E-state index contributed by atoms with van der Waals surface area (Å²) in [6.45, 7) is 1.83. The van der Waals surface area contributed by atoms with Crippen LogP contribution in [-0.4, -0.2) is 14.3 Å². The molecule has 0 aliphatic heterocycles. The molecule has 2 rings (SSSR count). The Morgan fingerprint density at radius 3 is 3.15 bits per heavy atom. The van der Waals surface area contributed by atoms with E-state index in [2.05, 4.69) is 24.4 Å². The second-order valence-corrected chi connectivity index (χ2v) is 3.09. The molecule has 0 fully saturated rings. The van der Waals surface area contributed by atoms with Crippen LogP contribution in [0, 0.1) is 6.92 Å². The summed E-state index contributed by atoms with van der Waals surface area (Å²) in [6.07, 6.45) is 1.37. The fraction of sp³-hybridized carbons (Fsp3) is 0.167. The molecule has 0 bridgehead atoms. The zero-order chi connectivity index (χ0) is 9.26. The van der Waals surface area contributed by atoms with Gasteiger partial charge >= 0.3 is 0 Å². The van der Waals surface area contributed by atoms with E-state index in [1.165, 1.54) is 17.9 Å². The summed E-state index contributed by atoms with van der Waals surface area (Å²) >= 11 is 1.27. The topological polar surface area (TPSA) is 87.4 Å². The summed E-state index contributed by atoms with van der Waals surface area (Å²) in [4.78, 5) is 11.3. The van der Waals surface area contributed by atoms with Crippen LogP contribution in [0.2, 0.25) is 0 Å². The highest BCUT2D eigenvalue weighted by Gasteiger charge is 2.07. The molecule has 0 radical (unpaired) electrons. The lowest BCUT2D eigenvalue weighted by Gasteiger charge is -1.91. The van der Waals surface area contributed by atoms with Crippen LogP contribution in [0.4, 0.5) is 5.82 Å². The quantitative estimate of drug-likeness (QED) is 0.394. The van der Waals surface area contributed by atoms with E-state index in [4.69, 9.17) is 5.53 Å². The van der Waals surface area contributed by atoms with E-state index in [0.29, 0.717) is 5.82 Å². The predicted octanol–water partition coefficient (Wildman–Crippen LogP) is 2.34. The van der Waals surface area contributed by atoms with E-state index in [1.807, 2.05) is 6.92 Å². The highest BCUT2D eigenvalue weighted by atomic mass is 32.1. The molecule has 64 valence electrons. The number of hydrogen-bond acceptors (Lipinski definition) is 5. The molecular weight excluding hydrogens is 188 g/mol. The molecule has 2 aromatic heterocycles. The smallest absolute Gasteiger partial charge is 0.147 e. The number of nitrogens with zero attached hydrogens (tertiary/aromatic N) is 6. The molecule has 0 spiro atoms. The molecule has 0 aromatic carbocycles. The molecule has 0 amide bonds. The predicted molar refractivity (Wildman–Crippen MR) is 48.8 cm³/mol. The van der Waals surface area contributed by atoms with Gasteiger partial charge in [-0.2, -0.15) is 4.37 Å². The van der Waals surface area contributed by atoms with Crippen molar-refractivity contribution in [3.63, 3.8) is 0 Å². The maximum Gasteiger partial charge on any atom is 0.147 e. The van der Waals surface area contributed by atoms with E-state index in [-0.39, 0.29) is 0 Å². The molecule has 0 saturated carbocycles. The van der Waals surface area contributed by atoms with Crippen LogP contribution in [-0.2, 0) is 0 Å². The number of aromatic nitrogens is 3. The average Bonchev–Trinajstić information content (AvgIpc) is 2.50. The highest BCUT2D eigenvalue weighted by Crippen LogP contribution is 2.27. The highest BCUT2D eigenvalue weighted by molar-refractivity contribution is 7.13. The summed E-state index contributed by atoms with van der Waals surface area (Å²) < 4.78 is 4.09. The lowest BCUT2D eigenvalue weighted by atomic mass is 10.3. The van der Waals surface area contributed by atoms with E-state index in [9.17, 15) is 0 Å². The zero-order valence-electron chi connectivity index (χ0n) is 6.67. The first-order valence-electron chi connectivity index (χ1n) is 3.45. The summed E-state index contributed by atoms with van der Waals surface area (Å²) in [5, 5.41) is 4.20. The molecule has 2 heterocycles. The minimum Gasteiger partial charge on any atom is -0.234 e. The minimum atomic E-state index is 0.346. The summed E-state index contributed by atoms with van der Waals surface area (Å²) in [7, 11) is 0. The van der Waals surface area contributed by atoms with Crippen molar-refractivity contribution in [1.82, 2.24) is 14.3 Å². The van der Waals surface area contributed by atoms with Crippen LogP contribution in [0.15, 0.2) is 11.4 Å². The molecule has 0 aliphatic rings. The van der Waals surface area contributed by atoms with E-state index in [1.54, 1.807) is 0 Å². The van der Waals surface area contributed by atoms with Gasteiger partial charge in [0.2, 0.25) is 0 Å². The lowest BCUT2D eigenvalue weighted by Crippen LogP contribution is -1.79. The summed E-state index contributed by atoms with van der Waals surface area (Å²) in [5.74, 6) is 0.346. The van der Waals surface area contributed by atoms with Crippen molar-refractivity contribution in [3.8, 4) is 0 Å². The molecule has 0 saturated heterocycles. The molecule has 2 aromatic rings. The third kappa shape index (κ3) is 1.20. The van der Waals surface area contributed by atoms with Gasteiger partial charge < -0.3 is 0 Å². The van der Waals surface area contributed by atoms with Gasteiger partial charge in [-0.1, -0.05) is 0 Å². The van der Waals surface area contributed by atoms with Crippen molar-refractivity contribution in [3.05, 3.63) is 22.5 Å². The molecule has 0 aliphatic carbocycles. The number of aryl methyl sites for hydroxylation is 1. The minimum absolute atomic E-state index is 0.346. The first-order chi connectivity index (χ1) is 6.33. The third-order valence-electron chi connectivity index (χ3n) is 1.56. The largest absolute Gasteiger partial charge is 0.234 e. The summed E-state index contributed by atoms with van der Waals surface area (Å²) in [5.41, 5.74) is 9.08. The van der Waals surface area contributed by atoms with Crippen LogP contribution < -0.4 is 0 Å². The van der Waals surface area contributed by atoms with Gasteiger partial charge in [-0.05, 0) is 29.1 Å². The molecule has 13 heavy (non-hydrogen) atoms. The number of hydrogen-bond donors (Lipinski definition) is 0.